The van der Waals surface area contributed by atoms with E-state index in [0.29, 0.717) is 6.61 Å². The molecule has 0 aliphatic carbocycles. The molecule has 28 heavy (non-hydrogen) atoms. The molecule has 0 saturated heterocycles. The number of hydrogen-bond donors (Lipinski definition) is 3. The Morgan fingerprint density at radius 2 is 1.96 bits per heavy atom. The van der Waals surface area contributed by atoms with Crippen molar-refractivity contribution < 1.29 is 33.7 Å². The number of allylic oxidation sites excluding steroid dienone is 1. The number of carboxylic acids is 2. The van der Waals surface area contributed by atoms with Crippen LogP contribution in [0.1, 0.15) is 17.7 Å². The quantitative estimate of drug-likeness (QED) is 0.321. The highest BCUT2D eigenvalue weighted by Gasteiger charge is 2.05. The second-order valence-corrected chi connectivity index (χ2v) is 5.55. The Kier molecular flexibility index (Phi) is 10.6. The molecule has 0 aliphatic rings. The van der Waals surface area contributed by atoms with Gasteiger partial charge in [-0.3, -0.25) is 0 Å². The van der Waals surface area contributed by atoms with Crippen LogP contribution >= 0.6 is 0 Å². The summed E-state index contributed by atoms with van der Waals surface area (Å²) in [6.07, 6.45) is 5.30. The molecule has 1 aromatic heterocycles. The molecule has 8 heteroatoms. The zero-order valence-electron chi connectivity index (χ0n) is 15.7. The third kappa shape index (κ3) is 8.91. The Morgan fingerprint density at radius 1 is 1.21 bits per heavy atom. The second kappa shape index (κ2) is 13.0. The predicted molar refractivity (Wildman–Crippen MR) is 103 cm³/mol. The zero-order chi connectivity index (χ0) is 20.8. The molecule has 0 atom stereocenters. The first kappa shape index (κ1) is 22.8. The van der Waals surface area contributed by atoms with Crippen LogP contribution in [0.25, 0.3) is 0 Å². The SMILES string of the molecule is C=CCc1ccc(OCCCNCc2ccco2)c(OC)c1.O=C(O)C(=O)O. The molecule has 0 unspecified atom stereocenters. The minimum atomic E-state index is -1.82. The minimum Gasteiger partial charge on any atom is -0.493 e. The van der Waals surface area contributed by atoms with Gasteiger partial charge in [-0.1, -0.05) is 12.1 Å². The summed E-state index contributed by atoms with van der Waals surface area (Å²) in [5.74, 6) is -1.16. The highest BCUT2D eigenvalue weighted by molar-refractivity contribution is 6.27. The van der Waals surface area contributed by atoms with Gasteiger partial charge in [0.2, 0.25) is 0 Å². The molecule has 1 aromatic carbocycles. The molecule has 0 amide bonds. The summed E-state index contributed by atoms with van der Waals surface area (Å²) in [7, 11) is 1.66. The number of carboxylic acid groups (broad SMARTS) is 2. The normalized spacial score (nSPS) is 9.75. The first-order valence-electron chi connectivity index (χ1n) is 8.57. The van der Waals surface area contributed by atoms with Crippen molar-refractivity contribution in [2.24, 2.45) is 0 Å². The van der Waals surface area contributed by atoms with E-state index in [4.69, 9.17) is 33.7 Å². The van der Waals surface area contributed by atoms with Gasteiger partial charge in [0.1, 0.15) is 5.76 Å². The van der Waals surface area contributed by atoms with Gasteiger partial charge in [-0.25, -0.2) is 9.59 Å². The first-order valence-corrected chi connectivity index (χ1v) is 8.57. The summed E-state index contributed by atoms with van der Waals surface area (Å²) in [4.78, 5) is 18.2. The number of methoxy groups -OCH3 is 1. The van der Waals surface area contributed by atoms with Gasteiger partial charge in [0.15, 0.2) is 11.5 Å². The zero-order valence-corrected chi connectivity index (χ0v) is 15.7. The van der Waals surface area contributed by atoms with Crippen LogP contribution in [0.2, 0.25) is 0 Å². The van der Waals surface area contributed by atoms with E-state index in [-0.39, 0.29) is 0 Å². The molecule has 0 aliphatic heterocycles. The Morgan fingerprint density at radius 3 is 2.54 bits per heavy atom. The molecular formula is C20H25NO7. The summed E-state index contributed by atoms with van der Waals surface area (Å²) in [6.45, 7) is 6.00. The molecule has 152 valence electrons. The van der Waals surface area contributed by atoms with Crippen LogP contribution < -0.4 is 14.8 Å². The first-order chi connectivity index (χ1) is 13.5. The summed E-state index contributed by atoms with van der Waals surface area (Å²) in [5.41, 5.74) is 1.17. The van der Waals surface area contributed by atoms with Crippen molar-refractivity contribution >= 4 is 11.9 Å². The second-order valence-electron chi connectivity index (χ2n) is 5.55. The van der Waals surface area contributed by atoms with Crippen LogP contribution in [0.4, 0.5) is 0 Å². The number of furan rings is 1. The summed E-state index contributed by atoms with van der Waals surface area (Å²) in [5, 5.41) is 18.1. The van der Waals surface area contributed by atoms with Gasteiger partial charge in [0.25, 0.3) is 0 Å². The van der Waals surface area contributed by atoms with Crippen LogP contribution in [0.3, 0.4) is 0 Å². The summed E-state index contributed by atoms with van der Waals surface area (Å²) >= 11 is 0. The molecule has 3 N–H and O–H groups in total. The number of ether oxygens (including phenoxy) is 2. The highest BCUT2D eigenvalue weighted by Crippen LogP contribution is 2.28. The monoisotopic (exact) mass is 391 g/mol. The van der Waals surface area contributed by atoms with Gasteiger partial charge in [0, 0.05) is 0 Å². The Bertz CT molecular complexity index is 729. The molecule has 2 aromatic rings. The maximum atomic E-state index is 9.10. The van der Waals surface area contributed by atoms with Crippen molar-refractivity contribution in [1.29, 1.82) is 0 Å². The van der Waals surface area contributed by atoms with E-state index >= 15 is 0 Å². The fourth-order valence-electron chi connectivity index (χ4n) is 2.13. The fourth-order valence-corrected chi connectivity index (χ4v) is 2.13. The molecule has 8 nitrogen and oxygen atoms in total. The summed E-state index contributed by atoms with van der Waals surface area (Å²) < 4.78 is 16.4. The number of nitrogens with one attached hydrogen (secondary N) is 1. The maximum absolute atomic E-state index is 9.10. The lowest BCUT2D eigenvalue weighted by atomic mass is 10.1. The van der Waals surface area contributed by atoms with Gasteiger partial charge >= 0.3 is 11.9 Å². The number of benzene rings is 1. The van der Waals surface area contributed by atoms with Gasteiger partial charge in [-0.15, -0.1) is 6.58 Å². The molecule has 0 bridgehead atoms. The third-order valence-electron chi connectivity index (χ3n) is 3.43. The lowest BCUT2D eigenvalue weighted by Gasteiger charge is -2.12. The molecule has 0 fully saturated rings. The van der Waals surface area contributed by atoms with E-state index in [0.717, 1.165) is 43.2 Å². The highest BCUT2D eigenvalue weighted by atomic mass is 16.5. The average Bonchev–Trinajstić information content (AvgIpc) is 3.19. The summed E-state index contributed by atoms with van der Waals surface area (Å²) in [6, 6.07) is 9.83. The molecule has 1 heterocycles. The lowest BCUT2D eigenvalue weighted by Crippen LogP contribution is -2.16. The van der Waals surface area contributed by atoms with Crippen LogP contribution in [0.15, 0.2) is 53.7 Å². The van der Waals surface area contributed by atoms with E-state index in [1.807, 2.05) is 36.4 Å². The van der Waals surface area contributed by atoms with Crippen LogP contribution in [0, 0.1) is 0 Å². The third-order valence-corrected chi connectivity index (χ3v) is 3.43. The van der Waals surface area contributed by atoms with E-state index < -0.39 is 11.9 Å². The lowest BCUT2D eigenvalue weighted by molar-refractivity contribution is -0.159. The van der Waals surface area contributed by atoms with Gasteiger partial charge in [0.05, 0.1) is 26.5 Å². The van der Waals surface area contributed by atoms with E-state index in [1.165, 1.54) is 5.56 Å². The van der Waals surface area contributed by atoms with Crippen molar-refractivity contribution in [3.05, 3.63) is 60.6 Å². The van der Waals surface area contributed by atoms with Crippen LogP contribution in [-0.2, 0) is 22.6 Å². The number of carbonyl (C=O) groups is 2. The van der Waals surface area contributed by atoms with Crippen molar-refractivity contribution in [2.75, 3.05) is 20.3 Å². The minimum absolute atomic E-state index is 0.641. The van der Waals surface area contributed by atoms with Crippen molar-refractivity contribution in [3.8, 4) is 11.5 Å². The van der Waals surface area contributed by atoms with E-state index in [1.54, 1.807) is 13.4 Å². The topological polar surface area (TPSA) is 118 Å². The number of aliphatic carboxylic acids is 2. The van der Waals surface area contributed by atoms with Crippen molar-refractivity contribution in [1.82, 2.24) is 5.32 Å². The van der Waals surface area contributed by atoms with Gasteiger partial charge < -0.3 is 29.4 Å². The predicted octanol–water partition coefficient (Wildman–Crippen LogP) is 2.73. The Balaban J connectivity index is 0.000000568. The van der Waals surface area contributed by atoms with E-state index in [9.17, 15) is 0 Å². The fraction of sp³-hybridized carbons (Fsp3) is 0.300. The van der Waals surface area contributed by atoms with Gasteiger partial charge in [-0.05, 0) is 49.2 Å². The molecule has 0 spiro atoms. The average molecular weight is 391 g/mol. The van der Waals surface area contributed by atoms with Crippen molar-refractivity contribution in [3.63, 3.8) is 0 Å². The van der Waals surface area contributed by atoms with Crippen LogP contribution in [0.5, 0.6) is 11.5 Å². The number of rotatable bonds is 10. The Hall–Kier alpha value is -3.26. The standard InChI is InChI=1S/C18H23NO3.C2H2O4/c1-3-6-15-8-9-17(18(13-15)20-2)22-12-5-10-19-14-16-7-4-11-21-16;3-1(4)2(5)6/h3-4,7-9,11,13,19H,1,5-6,10,12,14H2,2H3;(H,3,4)(H,5,6). The maximum Gasteiger partial charge on any atom is 0.414 e. The molecular weight excluding hydrogens is 366 g/mol. The molecule has 0 saturated carbocycles. The Labute approximate surface area is 163 Å². The smallest absolute Gasteiger partial charge is 0.414 e. The van der Waals surface area contributed by atoms with Gasteiger partial charge in [-0.2, -0.15) is 0 Å². The molecule has 2 rings (SSSR count). The van der Waals surface area contributed by atoms with E-state index in [2.05, 4.69) is 11.9 Å². The largest absolute Gasteiger partial charge is 0.493 e. The number of hydrogen-bond acceptors (Lipinski definition) is 6. The van der Waals surface area contributed by atoms with Crippen LogP contribution in [-0.4, -0.2) is 42.4 Å². The van der Waals surface area contributed by atoms with Crippen molar-refractivity contribution in [2.45, 2.75) is 19.4 Å². The molecule has 0 radical (unpaired) electrons.